The summed E-state index contributed by atoms with van der Waals surface area (Å²) in [5.74, 6) is 0. The smallest absolute Gasteiger partial charge is 0.358 e. The van der Waals surface area contributed by atoms with E-state index in [-0.39, 0.29) is 29.8 Å². The Balaban J connectivity index is -0.0000000200. The van der Waals surface area contributed by atoms with Gasteiger partial charge in [0.25, 0.3) is 0 Å². The van der Waals surface area contributed by atoms with E-state index >= 15 is 0 Å². The molecule has 0 saturated carbocycles. The summed E-state index contributed by atoms with van der Waals surface area (Å²) in [6, 6.07) is 0. The van der Waals surface area contributed by atoms with Crippen LogP contribution in [-0.2, 0) is 22.4 Å². The minimum atomic E-state index is 0. The summed E-state index contributed by atoms with van der Waals surface area (Å²) in [4.78, 5) is 0. The van der Waals surface area contributed by atoms with E-state index in [1.807, 2.05) is 20.3 Å². The number of hydrogen-bond donors (Lipinski definition) is 0. The summed E-state index contributed by atoms with van der Waals surface area (Å²) >= 11 is 0. The second-order valence-corrected chi connectivity index (χ2v) is 0.577. The molecule has 0 rings (SSSR count). The van der Waals surface area contributed by atoms with Gasteiger partial charge in [-0.2, -0.15) is 13.8 Å². The zero-order valence-corrected chi connectivity index (χ0v) is 5.36. The molecule has 0 amide bonds. The minimum Gasteiger partial charge on any atom is -0.358 e. The van der Waals surface area contributed by atoms with Crippen molar-refractivity contribution in [1.82, 2.24) is 0 Å². The van der Waals surface area contributed by atoms with E-state index in [0.717, 1.165) is 0 Å². The predicted octanol–water partition coefficient (Wildman–Crippen LogP) is 1.68. The van der Waals surface area contributed by atoms with Crippen LogP contribution in [0.4, 0.5) is 0 Å². The van der Waals surface area contributed by atoms with Crippen molar-refractivity contribution in [2.24, 2.45) is 0 Å². The zero-order valence-electron chi connectivity index (χ0n) is 3.88. The van der Waals surface area contributed by atoms with Crippen LogP contribution in [0.15, 0.2) is 0 Å². The van der Waals surface area contributed by atoms with Crippen LogP contribution in [0.5, 0.6) is 0 Å². The van der Waals surface area contributed by atoms with E-state index in [9.17, 15) is 0 Å². The standard InChI is InChI=1S/C3H7.CH3.Ag/c1-3-2;;/h3H,1-2H3;1H3;/q2*-1;+1. The minimum absolute atomic E-state index is 0. The van der Waals surface area contributed by atoms with E-state index < -0.39 is 0 Å². The fourth-order valence-electron chi connectivity index (χ4n) is 0. The molecular formula is C4H10Ag-. The molecule has 5 heavy (non-hydrogen) atoms. The van der Waals surface area contributed by atoms with Crippen molar-refractivity contribution in [2.75, 3.05) is 0 Å². The van der Waals surface area contributed by atoms with Crippen LogP contribution in [0, 0.1) is 13.8 Å². The molecular weight excluding hydrogens is 156 g/mol. The van der Waals surface area contributed by atoms with Gasteiger partial charge >= 0.3 is 22.4 Å². The molecule has 0 aromatic carbocycles. The van der Waals surface area contributed by atoms with Crippen LogP contribution < -0.4 is 0 Å². The largest absolute Gasteiger partial charge is 1.00 e. The van der Waals surface area contributed by atoms with Gasteiger partial charge in [0.05, 0.1) is 0 Å². The van der Waals surface area contributed by atoms with Gasteiger partial charge in [-0.15, -0.1) is 0 Å². The van der Waals surface area contributed by atoms with E-state index in [2.05, 4.69) is 0 Å². The average Bonchev–Trinajstić information content (AvgIpc) is 0.918. The van der Waals surface area contributed by atoms with Gasteiger partial charge in [0.1, 0.15) is 0 Å². The van der Waals surface area contributed by atoms with Gasteiger partial charge in [0, 0.05) is 0 Å². The Morgan fingerprint density at radius 3 is 1.20 bits per heavy atom. The van der Waals surface area contributed by atoms with Crippen LogP contribution in [0.25, 0.3) is 0 Å². The van der Waals surface area contributed by atoms with Crippen LogP contribution >= 0.6 is 0 Å². The fourth-order valence-corrected chi connectivity index (χ4v) is 0. The number of rotatable bonds is 0. The van der Waals surface area contributed by atoms with Gasteiger partial charge in [0.2, 0.25) is 0 Å². The molecule has 0 heterocycles. The quantitative estimate of drug-likeness (QED) is 0.379. The molecule has 0 aromatic heterocycles. The third-order valence-corrected chi connectivity index (χ3v) is 0. The molecule has 0 N–H and O–H groups in total. The first kappa shape index (κ1) is 17.2. The monoisotopic (exact) mass is 165 g/mol. The molecule has 0 aliphatic carbocycles. The first-order chi connectivity index (χ1) is 1.41. The van der Waals surface area contributed by atoms with Crippen LogP contribution in [0.1, 0.15) is 13.8 Å². The predicted molar refractivity (Wildman–Crippen MR) is 22.1 cm³/mol. The summed E-state index contributed by atoms with van der Waals surface area (Å²) in [5.41, 5.74) is 0. The fraction of sp³-hybridized carbons (Fsp3) is 0.500. The molecule has 0 unspecified atom stereocenters. The molecule has 0 radical (unpaired) electrons. The molecule has 0 aliphatic rings. The molecule has 0 saturated heterocycles. The normalized spacial score (nSPS) is 3.60. The Morgan fingerprint density at radius 2 is 1.20 bits per heavy atom. The van der Waals surface area contributed by atoms with E-state index in [1.165, 1.54) is 0 Å². The van der Waals surface area contributed by atoms with Gasteiger partial charge in [0.15, 0.2) is 0 Å². The second-order valence-electron chi connectivity index (χ2n) is 0.577. The summed E-state index contributed by atoms with van der Waals surface area (Å²) < 4.78 is 0. The Hall–Kier alpha value is 0.740. The maximum Gasteiger partial charge on any atom is 1.00 e. The maximum absolute atomic E-state index is 2.00. The molecule has 0 bridgehead atoms. The first-order valence-electron chi connectivity index (χ1n) is 1.15. The Kier molecular flexibility index (Phi) is 75.2. The summed E-state index contributed by atoms with van der Waals surface area (Å²) in [6.07, 6.45) is 2.00. The Morgan fingerprint density at radius 1 is 1.20 bits per heavy atom. The van der Waals surface area contributed by atoms with Crippen molar-refractivity contribution in [3.63, 3.8) is 0 Å². The summed E-state index contributed by atoms with van der Waals surface area (Å²) in [7, 11) is 0. The second kappa shape index (κ2) is 21.9. The molecule has 1 heteroatoms. The van der Waals surface area contributed by atoms with Crippen molar-refractivity contribution in [2.45, 2.75) is 13.8 Å². The van der Waals surface area contributed by atoms with Crippen molar-refractivity contribution < 1.29 is 22.4 Å². The average molecular weight is 166 g/mol. The van der Waals surface area contributed by atoms with E-state index in [1.54, 1.807) is 0 Å². The molecule has 0 atom stereocenters. The molecule has 0 spiro atoms. The topological polar surface area (TPSA) is 0 Å². The third-order valence-electron chi connectivity index (χ3n) is 0. The Labute approximate surface area is 50.5 Å². The van der Waals surface area contributed by atoms with Crippen molar-refractivity contribution in [1.29, 1.82) is 0 Å². The van der Waals surface area contributed by atoms with Crippen LogP contribution in [0.2, 0.25) is 0 Å². The van der Waals surface area contributed by atoms with Gasteiger partial charge in [-0.25, -0.2) is 0 Å². The third kappa shape index (κ3) is 65.0. The van der Waals surface area contributed by atoms with Crippen molar-refractivity contribution >= 4 is 0 Å². The summed E-state index contributed by atoms with van der Waals surface area (Å²) in [5, 5.41) is 0. The Bertz CT molecular complexity index is 3.61. The molecule has 0 nitrogen and oxygen atoms in total. The van der Waals surface area contributed by atoms with Gasteiger partial charge in [-0.3, -0.25) is 0 Å². The van der Waals surface area contributed by atoms with E-state index in [0.29, 0.717) is 0 Å². The number of hydrogen-bond acceptors (Lipinski definition) is 0. The van der Waals surface area contributed by atoms with Crippen LogP contribution in [-0.4, -0.2) is 0 Å². The first-order valence-corrected chi connectivity index (χ1v) is 1.15. The van der Waals surface area contributed by atoms with Gasteiger partial charge in [-0.05, 0) is 0 Å². The summed E-state index contributed by atoms with van der Waals surface area (Å²) in [6.45, 7) is 4.00. The van der Waals surface area contributed by atoms with Crippen molar-refractivity contribution in [3.8, 4) is 0 Å². The van der Waals surface area contributed by atoms with Gasteiger partial charge < -0.3 is 13.8 Å². The molecule has 0 aromatic rings. The zero-order chi connectivity index (χ0) is 2.71. The van der Waals surface area contributed by atoms with Gasteiger partial charge in [-0.1, -0.05) is 0 Å². The maximum atomic E-state index is 2.00. The van der Waals surface area contributed by atoms with Crippen molar-refractivity contribution in [3.05, 3.63) is 13.8 Å². The molecule has 38 valence electrons. The van der Waals surface area contributed by atoms with Crippen LogP contribution in [0.3, 0.4) is 0 Å². The molecule has 0 fully saturated rings. The molecule has 0 aliphatic heterocycles. The SMILES string of the molecule is C[CH-]C.[Ag+].[CH3-]. The van der Waals surface area contributed by atoms with E-state index in [4.69, 9.17) is 0 Å².